The molecule has 0 aliphatic rings. The number of aliphatic hydroxyl groups excluding tert-OH is 1. The average molecular weight is 331 g/mol. The van der Waals surface area contributed by atoms with E-state index in [0.29, 0.717) is 13.1 Å². The molecule has 24 heavy (non-hydrogen) atoms. The highest BCUT2D eigenvalue weighted by molar-refractivity contribution is 5.33. The second-order valence-corrected chi connectivity index (χ2v) is 6.25. The van der Waals surface area contributed by atoms with E-state index >= 15 is 0 Å². The first-order valence-corrected chi connectivity index (χ1v) is 8.32. The van der Waals surface area contributed by atoms with E-state index in [9.17, 15) is 9.50 Å². The minimum atomic E-state index is -0.598. The van der Waals surface area contributed by atoms with Crippen LogP contribution in [0.3, 0.4) is 0 Å². The number of ether oxygens (including phenoxy) is 1. The van der Waals surface area contributed by atoms with Gasteiger partial charge >= 0.3 is 0 Å². The zero-order valence-electron chi connectivity index (χ0n) is 14.6. The molecule has 4 heteroatoms. The zero-order valence-corrected chi connectivity index (χ0v) is 14.6. The molecule has 130 valence electrons. The van der Waals surface area contributed by atoms with Crippen LogP contribution in [0.1, 0.15) is 23.6 Å². The lowest BCUT2D eigenvalue weighted by molar-refractivity contribution is 0.0674. The van der Waals surface area contributed by atoms with Crippen molar-refractivity contribution in [2.24, 2.45) is 0 Å². The van der Waals surface area contributed by atoms with E-state index in [1.807, 2.05) is 39.0 Å². The Hall–Kier alpha value is -1.91. The maximum atomic E-state index is 13.3. The topological polar surface area (TPSA) is 32.7 Å². The Balaban J connectivity index is 1.86. The van der Waals surface area contributed by atoms with Gasteiger partial charge in [0.2, 0.25) is 0 Å². The highest BCUT2D eigenvalue weighted by Crippen LogP contribution is 2.16. The van der Waals surface area contributed by atoms with Crippen molar-refractivity contribution >= 4 is 0 Å². The lowest BCUT2D eigenvalue weighted by Gasteiger charge is -2.24. The summed E-state index contributed by atoms with van der Waals surface area (Å²) >= 11 is 0. The number of benzene rings is 2. The largest absolute Gasteiger partial charge is 0.491 e. The molecule has 1 unspecified atom stereocenters. The molecule has 2 rings (SSSR count). The molecule has 0 saturated heterocycles. The van der Waals surface area contributed by atoms with E-state index in [-0.39, 0.29) is 12.4 Å². The Morgan fingerprint density at radius 3 is 2.46 bits per heavy atom. The van der Waals surface area contributed by atoms with E-state index in [0.717, 1.165) is 29.0 Å². The lowest BCUT2D eigenvalue weighted by atomic mass is 10.1. The van der Waals surface area contributed by atoms with E-state index in [2.05, 4.69) is 11.0 Å². The molecule has 3 nitrogen and oxygen atoms in total. The number of nitrogens with zero attached hydrogens (tertiary/aromatic N) is 1. The highest BCUT2D eigenvalue weighted by Gasteiger charge is 2.12. The van der Waals surface area contributed by atoms with E-state index in [1.54, 1.807) is 6.07 Å². The number of likely N-dealkylation sites (N-methyl/N-ethyl adjacent to an activating group) is 1. The summed E-state index contributed by atoms with van der Waals surface area (Å²) in [7, 11) is 0. The van der Waals surface area contributed by atoms with Crippen molar-refractivity contribution in [3.63, 3.8) is 0 Å². The molecule has 1 atom stereocenters. The average Bonchev–Trinajstić information content (AvgIpc) is 2.51. The van der Waals surface area contributed by atoms with E-state index in [4.69, 9.17) is 4.74 Å². The van der Waals surface area contributed by atoms with Crippen molar-refractivity contribution in [3.05, 3.63) is 65.0 Å². The predicted octanol–water partition coefficient (Wildman–Crippen LogP) is 3.70. The second kappa shape index (κ2) is 8.81. The van der Waals surface area contributed by atoms with Crippen LogP contribution in [0.15, 0.2) is 42.5 Å². The van der Waals surface area contributed by atoms with E-state index in [1.165, 1.54) is 12.1 Å². The summed E-state index contributed by atoms with van der Waals surface area (Å²) in [5.74, 6) is 0.544. The van der Waals surface area contributed by atoms with Crippen LogP contribution in [0, 0.1) is 19.7 Å². The summed E-state index contributed by atoms with van der Waals surface area (Å²) in [6.45, 7) is 8.17. The third-order valence-electron chi connectivity index (χ3n) is 3.85. The summed E-state index contributed by atoms with van der Waals surface area (Å²) < 4.78 is 19.0. The number of halogens is 1. The van der Waals surface area contributed by atoms with Crippen molar-refractivity contribution < 1.29 is 14.2 Å². The van der Waals surface area contributed by atoms with Gasteiger partial charge in [-0.05, 0) is 61.3 Å². The van der Waals surface area contributed by atoms with Crippen LogP contribution < -0.4 is 4.74 Å². The molecule has 0 saturated carbocycles. The van der Waals surface area contributed by atoms with Crippen LogP contribution in [0.4, 0.5) is 4.39 Å². The minimum Gasteiger partial charge on any atom is -0.491 e. The van der Waals surface area contributed by atoms with Gasteiger partial charge in [-0.25, -0.2) is 4.39 Å². The van der Waals surface area contributed by atoms with E-state index < -0.39 is 6.10 Å². The first kappa shape index (κ1) is 18.4. The van der Waals surface area contributed by atoms with Crippen LogP contribution in [-0.4, -0.2) is 35.8 Å². The van der Waals surface area contributed by atoms with Gasteiger partial charge < -0.3 is 9.84 Å². The molecule has 1 N–H and O–H groups in total. The SMILES string of the molecule is CCN(Cc1cccc(F)c1)CC(O)COc1cc(C)cc(C)c1. The third-order valence-corrected chi connectivity index (χ3v) is 3.85. The number of hydrogen-bond donors (Lipinski definition) is 1. The van der Waals surface area contributed by atoms with Gasteiger partial charge in [-0.3, -0.25) is 4.90 Å². The van der Waals surface area contributed by atoms with Crippen LogP contribution >= 0.6 is 0 Å². The molecular weight excluding hydrogens is 305 g/mol. The Morgan fingerprint density at radius 1 is 1.12 bits per heavy atom. The van der Waals surface area contributed by atoms with Gasteiger partial charge in [0.15, 0.2) is 0 Å². The first-order chi connectivity index (χ1) is 11.5. The van der Waals surface area contributed by atoms with Crippen LogP contribution in [-0.2, 0) is 6.54 Å². The highest BCUT2D eigenvalue weighted by atomic mass is 19.1. The summed E-state index contributed by atoms with van der Waals surface area (Å²) in [6.07, 6.45) is -0.598. The third kappa shape index (κ3) is 5.95. The summed E-state index contributed by atoms with van der Waals surface area (Å²) in [4.78, 5) is 2.07. The zero-order chi connectivity index (χ0) is 17.5. The quantitative estimate of drug-likeness (QED) is 0.800. The molecule has 0 aliphatic heterocycles. The van der Waals surface area contributed by atoms with Gasteiger partial charge in [0.1, 0.15) is 24.3 Å². The Bertz CT molecular complexity index is 640. The summed E-state index contributed by atoms with van der Waals surface area (Å²) in [5, 5.41) is 10.2. The first-order valence-electron chi connectivity index (χ1n) is 8.32. The summed E-state index contributed by atoms with van der Waals surface area (Å²) in [6, 6.07) is 12.6. The van der Waals surface area contributed by atoms with Gasteiger partial charge in [0.05, 0.1) is 0 Å². The fourth-order valence-electron chi connectivity index (χ4n) is 2.76. The van der Waals surface area contributed by atoms with Crippen LogP contribution in [0.5, 0.6) is 5.75 Å². The maximum Gasteiger partial charge on any atom is 0.123 e. The van der Waals surface area contributed by atoms with Gasteiger partial charge in [0.25, 0.3) is 0 Å². The van der Waals surface area contributed by atoms with Gasteiger partial charge in [-0.1, -0.05) is 25.1 Å². The number of aliphatic hydroxyl groups is 1. The van der Waals surface area contributed by atoms with Crippen molar-refractivity contribution in [2.75, 3.05) is 19.7 Å². The van der Waals surface area contributed by atoms with Gasteiger partial charge in [-0.2, -0.15) is 0 Å². The number of aryl methyl sites for hydroxylation is 2. The lowest BCUT2D eigenvalue weighted by Crippen LogP contribution is -2.35. The summed E-state index contributed by atoms with van der Waals surface area (Å²) in [5.41, 5.74) is 3.18. The molecule has 0 aliphatic carbocycles. The second-order valence-electron chi connectivity index (χ2n) is 6.25. The minimum absolute atomic E-state index is 0.234. The molecule has 0 spiro atoms. The molecule has 0 aromatic heterocycles. The molecule has 2 aromatic rings. The monoisotopic (exact) mass is 331 g/mol. The Kier molecular flexibility index (Phi) is 6.76. The van der Waals surface area contributed by atoms with Gasteiger partial charge in [0, 0.05) is 13.1 Å². The molecule has 2 aromatic carbocycles. The molecule has 0 fully saturated rings. The molecule has 0 heterocycles. The standard InChI is InChI=1S/C20H26FNO2/c1-4-22(12-17-6-5-7-18(21)11-17)13-19(23)14-24-20-9-15(2)8-16(3)10-20/h5-11,19,23H,4,12-14H2,1-3H3. The van der Waals surface area contributed by atoms with Crippen molar-refractivity contribution in [3.8, 4) is 5.75 Å². The number of hydrogen-bond acceptors (Lipinski definition) is 3. The van der Waals surface area contributed by atoms with Crippen LogP contribution in [0.25, 0.3) is 0 Å². The van der Waals surface area contributed by atoms with Crippen molar-refractivity contribution in [1.29, 1.82) is 0 Å². The Labute approximate surface area is 143 Å². The Morgan fingerprint density at radius 2 is 1.83 bits per heavy atom. The number of rotatable bonds is 8. The fourth-order valence-corrected chi connectivity index (χ4v) is 2.76. The normalized spacial score (nSPS) is 12.4. The smallest absolute Gasteiger partial charge is 0.123 e. The van der Waals surface area contributed by atoms with Crippen molar-refractivity contribution in [2.45, 2.75) is 33.4 Å². The molecular formula is C20H26FNO2. The predicted molar refractivity (Wildman–Crippen MR) is 94.8 cm³/mol. The van der Waals surface area contributed by atoms with Crippen molar-refractivity contribution in [1.82, 2.24) is 4.90 Å². The fraction of sp³-hybridized carbons (Fsp3) is 0.400. The molecule has 0 amide bonds. The van der Waals surface area contributed by atoms with Crippen LogP contribution in [0.2, 0.25) is 0 Å². The maximum absolute atomic E-state index is 13.3. The molecule has 0 bridgehead atoms. The molecule has 0 radical (unpaired) electrons. The van der Waals surface area contributed by atoms with Gasteiger partial charge in [-0.15, -0.1) is 0 Å².